The summed E-state index contributed by atoms with van der Waals surface area (Å²) in [5.41, 5.74) is 1.75. The second kappa shape index (κ2) is 3.83. The van der Waals surface area contributed by atoms with Crippen LogP contribution in [0.15, 0.2) is 58.0 Å². The summed E-state index contributed by atoms with van der Waals surface area (Å²) in [7, 11) is 0. The van der Waals surface area contributed by atoms with Crippen LogP contribution >= 0.6 is 0 Å². The van der Waals surface area contributed by atoms with Crippen molar-refractivity contribution in [2.45, 2.75) is 0 Å². The minimum absolute atomic E-state index is 0.311. The van der Waals surface area contributed by atoms with Crippen molar-refractivity contribution in [3.8, 4) is 11.3 Å². The lowest BCUT2D eigenvalue weighted by molar-refractivity contribution is 0.558. The molecule has 0 saturated heterocycles. The number of aromatic nitrogens is 2. The van der Waals surface area contributed by atoms with E-state index in [1.54, 1.807) is 36.7 Å². The summed E-state index contributed by atoms with van der Waals surface area (Å²) < 4.78 is 5.21. The van der Waals surface area contributed by atoms with Gasteiger partial charge < -0.3 is 4.42 Å². The predicted molar refractivity (Wildman–Crippen MR) is 63.5 cm³/mol. The van der Waals surface area contributed by atoms with Gasteiger partial charge in [0.1, 0.15) is 5.52 Å². The smallest absolute Gasteiger partial charge is 0.363 e. The highest BCUT2D eigenvalue weighted by Crippen LogP contribution is 2.15. The summed E-state index contributed by atoms with van der Waals surface area (Å²) in [5, 5.41) is 0. The van der Waals surface area contributed by atoms with Crippen LogP contribution in [0.3, 0.4) is 0 Å². The Morgan fingerprint density at radius 2 is 1.76 bits per heavy atom. The van der Waals surface area contributed by atoms with Gasteiger partial charge in [0.2, 0.25) is 0 Å². The number of rotatable bonds is 1. The van der Waals surface area contributed by atoms with Crippen LogP contribution in [0.5, 0.6) is 0 Å². The number of pyridine rings is 1. The number of hydrogen-bond acceptors (Lipinski definition) is 4. The van der Waals surface area contributed by atoms with Gasteiger partial charge in [0, 0.05) is 18.0 Å². The van der Waals surface area contributed by atoms with Crippen molar-refractivity contribution in [1.29, 1.82) is 0 Å². The highest BCUT2D eigenvalue weighted by atomic mass is 16.4. The number of nitrogens with zero attached hydrogens (tertiary/aromatic N) is 2. The lowest BCUT2D eigenvalue weighted by Gasteiger charge is -2.00. The molecule has 3 rings (SSSR count). The van der Waals surface area contributed by atoms with Gasteiger partial charge in [-0.05, 0) is 24.3 Å². The quantitative estimate of drug-likeness (QED) is 0.636. The first kappa shape index (κ1) is 9.72. The molecule has 2 heterocycles. The third kappa shape index (κ3) is 1.69. The predicted octanol–water partition coefficient (Wildman–Crippen LogP) is 2.25. The van der Waals surface area contributed by atoms with Crippen LogP contribution in [0.25, 0.3) is 22.4 Å². The van der Waals surface area contributed by atoms with E-state index in [4.69, 9.17) is 4.42 Å². The molecule has 3 aromatic rings. The molecule has 1 aromatic carbocycles. The molecule has 0 aliphatic rings. The van der Waals surface area contributed by atoms with Gasteiger partial charge in [0.05, 0.1) is 0 Å². The lowest BCUT2D eigenvalue weighted by Crippen LogP contribution is -2.05. The van der Waals surface area contributed by atoms with Crippen LogP contribution in [0, 0.1) is 0 Å². The van der Waals surface area contributed by atoms with Crippen LogP contribution in [0.2, 0.25) is 0 Å². The minimum Gasteiger partial charge on any atom is -0.419 e. The molecule has 0 spiro atoms. The summed E-state index contributed by atoms with van der Waals surface area (Å²) in [6, 6.07) is 10.6. The zero-order valence-corrected chi connectivity index (χ0v) is 8.83. The fourth-order valence-corrected chi connectivity index (χ4v) is 1.64. The highest BCUT2D eigenvalue weighted by molar-refractivity contribution is 5.74. The molecule has 0 radical (unpaired) electrons. The number of fused-ring (bicyclic) bond motifs is 1. The molecular weight excluding hydrogens is 216 g/mol. The maximum Gasteiger partial charge on any atom is 0.363 e. The summed E-state index contributed by atoms with van der Waals surface area (Å²) in [4.78, 5) is 20.0. The Morgan fingerprint density at radius 1 is 1.00 bits per heavy atom. The van der Waals surface area contributed by atoms with E-state index in [1.165, 1.54) is 0 Å². The second-order valence-electron chi connectivity index (χ2n) is 3.55. The van der Waals surface area contributed by atoms with E-state index < -0.39 is 5.63 Å². The van der Waals surface area contributed by atoms with Crippen LogP contribution < -0.4 is 5.63 Å². The van der Waals surface area contributed by atoms with Crippen LogP contribution in [0.4, 0.5) is 0 Å². The third-order valence-electron chi connectivity index (χ3n) is 2.45. The largest absolute Gasteiger partial charge is 0.419 e. The molecule has 2 aromatic heterocycles. The second-order valence-corrected chi connectivity index (χ2v) is 3.55. The first-order valence-electron chi connectivity index (χ1n) is 5.15. The Labute approximate surface area is 96.6 Å². The lowest BCUT2D eigenvalue weighted by atomic mass is 10.2. The zero-order valence-electron chi connectivity index (χ0n) is 8.83. The first-order valence-corrected chi connectivity index (χ1v) is 5.15. The fraction of sp³-hybridized carbons (Fsp3) is 0. The highest BCUT2D eigenvalue weighted by Gasteiger charge is 2.08. The van der Waals surface area contributed by atoms with Gasteiger partial charge in [0.15, 0.2) is 11.3 Å². The van der Waals surface area contributed by atoms with Crippen LogP contribution in [-0.2, 0) is 0 Å². The Balaban J connectivity index is 2.31. The number of hydrogen-bond donors (Lipinski definition) is 0. The zero-order chi connectivity index (χ0) is 11.7. The van der Waals surface area contributed by atoms with Gasteiger partial charge in [-0.3, -0.25) is 4.98 Å². The molecule has 0 bridgehead atoms. The average Bonchev–Trinajstić information content (AvgIpc) is 2.39. The van der Waals surface area contributed by atoms with Crippen molar-refractivity contribution in [3.63, 3.8) is 0 Å². The van der Waals surface area contributed by atoms with Gasteiger partial charge >= 0.3 is 5.63 Å². The molecule has 82 valence electrons. The third-order valence-corrected chi connectivity index (χ3v) is 2.45. The maximum absolute atomic E-state index is 11.8. The Bertz CT molecular complexity index is 720. The molecule has 0 N–H and O–H groups in total. The van der Waals surface area contributed by atoms with Crippen molar-refractivity contribution < 1.29 is 4.42 Å². The maximum atomic E-state index is 11.8. The molecule has 0 unspecified atom stereocenters. The molecule has 0 fully saturated rings. The van der Waals surface area contributed by atoms with E-state index in [0.717, 1.165) is 0 Å². The number of benzene rings is 1. The molecule has 4 heteroatoms. The Morgan fingerprint density at radius 3 is 2.59 bits per heavy atom. The van der Waals surface area contributed by atoms with E-state index >= 15 is 0 Å². The average molecular weight is 224 g/mol. The summed E-state index contributed by atoms with van der Waals surface area (Å²) >= 11 is 0. The van der Waals surface area contributed by atoms with E-state index in [0.29, 0.717) is 22.4 Å². The summed E-state index contributed by atoms with van der Waals surface area (Å²) in [6.45, 7) is 0. The van der Waals surface area contributed by atoms with Crippen molar-refractivity contribution in [3.05, 3.63) is 59.2 Å². The molecule has 0 amide bonds. The molecule has 0 saturated carbocycles. The molecule has 4 nitrogen and oxygen atoms in total. The van der Waals surface area contributed by atoms with Gasteiger partial charge in [-0.1, -0.05) is 12.1 Å². The Kier molecular flexibility index (Phi) is 2.19. The van der Waals surface area contributed by atoms with E-state index in [1.807, 2.05) is 12.1 Å². The van der Waals surface area contributed by atoms with Gasteiger partial charge in [0.25, 0.3) is 0 Å². The minimum atomic E-state index is -0.435. The van der Waals surface area contributed by atoms with Gasteiger partial charge in [-0.15, -0.1) is 0 Å². The van der Waals surface area contributed by atoms with Gasteiger partial charge in [-0.25, -0.2) is 9.78 Å². The van der Waals surface area contributed by atoms with Gasteiger partial charge in [-0.2, -0.15) is 0 Å². The van der Waals surface area contributed by atoms with E-state index in [-0.39, 0.29) is 0 Å². The van der Waals surface area contributed by atoms with E-state index in [9.17, 15) is 4.79 Å². The van der Waals surface area contributed by atoms with Crippen molar-refractivity contribution in [1.82, 2.24) is 9.97 Å². The standard InChI is InChI=1S/C13H8N2O2/c16-13-12(9-5-7-14-8-6-9)15-10-3-1-2-4-11(10)17-13/h1-8H. The normalized spacial score (nSPS) is 10.6. The van der Waals surface area contributed by atoms with Crippen molar-refractivity contribution in [2.75, 3.05) is 0 Å². The first-order chi connectivity index (χ1) is 8.34. The molecule has 0 aliphatic heterocycles. The van der Waals surface area contributed by atoms with Crippen LogP contribution in [-0.4, -0.2) is 9.97 Å². The number of para-hydroxylation sites is 2. The van der Waals surface area contributed by atoms with Crippen LogP contribution in [0.1, 0.15) is 0 Å². The van der Waals surface area contributed by atoms with Crippen molar-refractivity contribution >= 4 is 11.1 Å². The van der Waals surface area contributed by atoms with E-state index in [2.05, 4.69) is 9.97 Å². The topological polar surface area (TPSA) is 56.0 Å². The summed E-state index contributed by atoms with van der Waals surface area (Å²) in [5.74, 6) is 0. The van der Waals surface area contributed by atoms with Crippen molar-refractivity contribution in [2.24, 2.45) is 0 Å². The molecule has 17 heavy (non-hydrogen) atoms. The monoisotopic (exact) mass is 224 g/mol. The molecule has 0 atom stereocenters. The molecular formula is C13H8N2O2. The SMILES string of the molecule is O=c1oc2ccccc2nc1-c1ccncc1. The molecule has 0 aliphatic carbocycles. The fourth-order valence-electron chi connectivity index (χ4n) is 1.64. The Hall–Kier alpha value is -2.49. The summed E-state index contributed by atoms with van der Waals surface area (Å²) in [6.07, 6.45) is 3.23.